The first-order valence-electron chi connectivity index (χ1n) is 4.32. The van der Waals surface area contributed by atoms with Crippen LogP contribution in [0.2, 0.25) is 0 Å². The standard InChI is InChI=1S/C8H19N3O/c1-3-8(2,10)7(12)11-6-4-5-9/h3-6,9-10H2,1-2H3,(H,11,12). The predicted octanol–water partition coefficient (Wildman–Crippen LogP) is -0.421. The molecule has 4 heteroatoms. The Bertz CT molecular complexity index is 145. The van der Waals surface area contributed by atoms with Crippen molar-refractivity contribution in [2.75, 3.05) is 13.1 Å². The maximum Gasteiger partial charge on any atom is 0.239 e. The minimum absolute atomic E-state index is 0.0987. The van der Waals surface area contributed by atoms with Crippen LogP contribution in [0.15, 0.2) is 0 Å². The SMILES string of the molecule is CCC(C)(N)C(=O)NCCCN. The molecular formula is C8H19N3O. The van der Waals surface area contributed by atoms with E-state index in [4.69, 9.17) is 11.5 Å². The van der Waals surface area contributed by atoms with Crippen molar-refractivity contribution >= 4 is 5.91 Å². The van der Waals surface area contributed by atoms with E-state index in [1.165, 1.54) is 0 Å². The largest absolute Gasteiger partial charge is 0.354 e. The Morgan fingerprint density at radius 1 is 1.58 bits per heavy atom. The van der Waals surface area contributed by atoms with E-state index in [1.54, 1.807) is 6.92 Å². The normalized spacial score (nSPS) is 15.3. The summed E-state index contributed by atoms with van der Waals surface area (Å²) < 4.78 is 0. The third-order valence-electron chi connectivity index (χ3n) is 1.92. The molecule has 0 bridgehead atoms. The summed E-state index contributed by atoms with van der Waals surface area (Å²) in [4.78, 5) is 11.3. The minimum atomic E-state index is -0.741. The zero-order valence-corrected chi connectivity index (χ0v) is 7.89. The second-order valence-electron chi connectivity index (χ2n) is 3.17. The number of nitrogens with one attached hydrogen (secondary N) is 1. The van der Waals surface area contributed by atoms with Crippen LogP contribution in [0.25, 0.3) is 0 Å². The quantitative estimate of drug-likeness (QED) is 0.494. The number of hydrogen-bond donors (Lipinski definition) is 3. The zero-order valence-electron chi connectivity index (χ0n) is 7.89. The Morgan fingerprint density at radius 3 is 2.58 bits per heavy atom. The number of carbonyl (C=O) groups excluding carboxylic acids is 1. The van der Waals surface area contributed by atoms with Gasteiger partial charge in [-0.1, -0.05) is 6.92 Å². The number of amides is 1. The number of rotatable bonds is 5. The molecule has 0 heterocycles. The molecule has 0 aromatic carbocycles. The van der Waals surface area contributed by atoms with E-state index in [0.29, 0.717) is 19.5 Å². The van der Waals surface area contributed by atoms with Gasteiger partial charge in [0.05, 0.1) is 5.54 Å². The molecule has 72 valence electrons. The summed E-state index contributed by atoms with van der Waals surface area (Å²) in [5.41, 5.74) is 10.2. The van der Waals surface area contributed by atoms with Crippen molar-refractivity contribution in [1.82, 2.24) is 5.32 Å². The fraction of sp³-hybridized carbons (Fsp3) is 0.875. The highest BCUT2D eigenvalue weighted by Crippen LogP contribution is 2.03. The Balaban J connectivity index is 3.72. The summed E-state index contributed by atoms with van der Waals surface area (Å²) in [6, 6.07) is 0. The lowest BCUT2D eigenvalue weighted by molar-refractivity contribution is -0.125. The van der Waals surface area contributed by atoms with Crippen molar-refractivity contribution < 1.29 is 4.79 Å². The van der Waals surface area contributed by atoms with Gasteiger partial charge in [0.15, 0.2) is 0 Å². The Hall–Kier alpha value is -0.610. The summed E-state index contributed by atoms with van der Waals surface area (Å²) in [6.07, 6.45) is 1.44. The summed E-state index contributed by atoms with van der Waals surface area (Å²) in [7, 11) is 0. The molecule has 0 aliphatic rings. The summed E-state index contributed by atoms with van der Waals surface area (Å²) in [5.74, 6) is -0.0987. The molecular weight excluding hydrogens is 154 g/mol. The molecule has 0 saturated carbocycles. The van der Waals surface area contributed by atoms with Crippen LogP contribution in [0, 0.1) is 0 Å². The molecule has 0 saturated heterocycles. The van der Waals surface area contributed by atoms with E-state index in [1.807, 2.05) is 6.92 Å². The maximum atomic E-state index is 11.3. The molecule has 0 fully saturated rings. The van der Waals surface area contributed by atoms with Crippen LogP contribution >= 0.6 is 0 Å². The van der Waals surface area contributed by atoms with Crippen molar-refractivity contribution in [2.24, 2.45) is 11.5 Å². The molecule has 0 spiro atoms. The van der Waals surface area contributed by atoms with E-state index >= 15 is 0 Å². The van der Waals surface area contributed by atoms with Crippen LogP contribution in [0.1, 0.15) is 26.7 Å². The van der Waals surface area contributed by atoms with Gasteiger partial charge in [-0.3, -0.25) is 4.79 Å². The Morgan fingerprint density at radius 2 is 2.17 bits per heavy atom. The van der Waals surface area contributed by atoms with Gasteiger partial charge >= 0.3 is 0 Å². The first-order valence-corrected chi connectivity index (χ1v) is 4.32. The fourth-order valence-electron chi connectivity index (χ4n) is 0.666. The van der Waals surface area contributed by atoms with E-state index < -0.39 is 5.54 Å². The number of nitrogens with two attached hydrogens (primary N) is 2. The lowest BCUT2D eigenvalue weighted by Gasteiger charge is -2.21. The van der Waals surface area contributed by atoms with Gasteiger partial charge in [-0.05, 0) is 26.3 Å². The first kappa shape index (κ1) is 11.4. The van der Waals surface area contributed by atoms with E-state index in [2.05, 4.69) is 5.32 Å². The molecule has 0 aliphatic heterocycles. The Kier molecular flexibility index (Phi) is 4.85. The van der Waals surface area contributed by atoms with Crippen LogP contribution < -0.4 is 16.8 Å². The third-order valence-corrected chi connectivity index (χ3v) is 1.92. The lowest BCUT2D eigenvalue weighted by atomic mass is 10.00. The number of carbonyl (C=O) groups is 1. The smallest absolute Gasteiger partial charge is 0.239 e. The van der Waals surface area contributed by atoms with Crippen LogP contribution in [0.4, 0.5) is 0 Å². The second-order valence-corrected chi connectivity index (χ2v) is 3.17. The van der Waals surface area contributed by atoms with E-state index in [9.17, 15) is 4.79 Å². The molecule has 1 unspecified atom stereocenters. The van der Waals surface area contributed by atoms with Crippen molar-refractivity contribution in [3.63, 3.8) is 0 Å². The molecule has 1 atom stereocenters. The highest BCUT2D eigenvalue weighted by molar-refractivity contribution is 5.85. The van der Waals surface area contributed by atoms with Crippen molar-refractivity contribution in [3.8, 4) is 0 Å². The van der Waals surface area contributed by atoms with Gasteiger partial charge in [-0.25, -0.2) is 0 Å². The van der Waals surface area contributed by atoms with Crippen LogP contribution in [0.3, 0.4) is 0 Å². The van der Waals surface area contributed by atoms with Gasteiger partial charge in [0, 0.05) is 6.54 Å². The number of hydrogen-bond acceptors (Lipinski definition) is 3. The molecule has 12 heavy (non-hydrogen) atoms. The zero-order chi connectivity index (χ0) is 9.61. The average molecular weight is 173 g/mol. The summed E-state index contributed by atoms with van der Waals surface area (Å²) >= 11 is 0. The molecule has 0 aromatic rings. The molecule has 4 nitrogen and oxygen atoms in total. The molecule has 1 amide bonds. The van der Waals surface area contributed by atoms with Crippen molar-refractivity contribution in [2.45, 2.75) is 32.2 Å². The topological polar surface area (TPSA) is 81.1 Å². The monoisotopic (exact) mass is 173 g/mol. The highest BCUT2D eigenvalue weighted by Gasteiger charge is 2.24. The minimum Gasteiger partial charge on any atom is -0.354 e. The fourth-order valence-corrected chi connectivity index (χ4v) is 0.666. The highest BCUT2D eigenvalue weighted by atomic mass is 16.2. The average Bonchev–Trinajstić information content (AvgIpc) is 2.05. The van der Waals surface area contributed by atoms with Gasteiger partial charge in [-0.2, -0.15) is 0 Å². The molecule has 5 N–H and O–H groups in total. The molecule has 0 rings (SSSR count). The summed E-state index contributed by atoms with van der Waals surface area (Å²) in [5, 5.41) is 2.73. The summed E-state index contributed by atoms with van der Waals surface area (Å²) in [6.45, 7) is 4.82. The van der Waals surface area contributed by atoms with Crippen molar-refractivity contribution in [3.05, 3.63) is 0 Å². The van der Waals surface area contributed by atoms with E-state index in [-0.39, 0.29) is 5.91 Å². The van der Waals surface area contributed by atoms with E-state index in [0.717, 1.165) is 6.42 Å². The van der Waals surface area contributed by atoms with Crippen LogP contribution in [0.5, 0.6) is 0 Å². The second kappa shape index (κ2) is 5.11. The van der Waals surface area contributed by atoms with Crippen molar-refractivity contribution in [1.29, 1.82) is 0 Å². The molecule has 0 aromatic heterocycles. The van der Waals surface area contributed by atoms with Gasteiger partial charge in [0.2, 0.25) is 5.91 Å². The van der Waals surface area contributed by atoms with Gasteiger partial charge < -0.3 is 16.8 Å². The molecule has 0 radical (unpaired) electrons. The Labute approximate surface area is 73.7 Å². The van der Waals surface area contributed by atoms with Crippen LogP contribution in [-0.2, 0) is 4.79 Å². The lowest BCUT2D eigenvalue weighted by Crippen LogP contribution is -2.51. The maximum absolute atomic E-state index is 11.3. The first-order chi connectivity index (χ1) is 5.54. The van der Waals surface area contributed by atoms with Gasteiger partial charge in [-0.15, -0.1) is 0 Å². The molecule has 0 aliphatic carbocycles. The van der Waals surface area contributed by atoms with Crippen LogP contribution in [-0.4, -0.2) is 24.5 Å². The third kappa shape index (κ3) is 3.69. The van der Waals surface area contributed by atoms with Gasteiger partial charge in [0.25, 0.3) is 0 Å². The predicted molar refractivity (Wildman–Crippen MR) is 49.6 cm³/mol. The van der Waals surface area contributed by atoms with Gasteiger partial charge in [0.1, 0.15) is 0 Å².